The van der Waals surface area contributed by atoms with Gasteiger partial charge >= 0.3 is 11.9 Å². The van der Waals surface area contributed by atoms with Crippen LogP contribution in [0.1, 0.15) is 48.4 Å². The van der Waals surface area contributed by atoms with Crippen molar-refractivity contribution in [3.63, 3.8) is 0 Å². The Balaban J connectivity index is 0.000000454. The molecule has 7 nitrogen and oxygen atoms in total. The van der Waals surface area contributed by atoms with Crippen LogP contribution in [0.25, 0.3) is 0 Å². The number of hydrogen-bond acceptors (Lipinski definition) is 5. The van der Waals surface area contributed by atoms with E-state index in [1.165, 1.54) is 12.1 Å². The van der Waals surface area contributed by atoms with Gasteiger partial charge in [-0.2, -0.15) is 0 Å². The lowest BCUT2D eigenvalue weighted by Gasteiger charge is -2.30. The molecular formula is C25H34O7. The molecule has 2 aromatic carbocycles. The number of hydrogen-bond donors (Lipinski definition) is 4. The van der Waals surface area contributed by atoms with Crippen molar-refractivity contribution in [3.05, 3.63) is 71.8 Å². The van der Waals surface area contributed by atoms with Crippen LogP contribution >= 0.6 is 0 Å². The summed E-state index contributed by atoms with van der Waals surface area (Å²) >= 11 is 0. The number of aliphatic hydroxyl groups is 2. The van der Waals surface area contributed by atoms with E-state index in [0.717, 1.165) is 0 Å². The van der Waals surface area contributed by atoms with E-state index >= 15 is 0 Å². The van der Waals surface area contributed by atoms with Crippen LogP contribution in [0.15, 0.2) is 60.7 Å². The average molecular weight is 447 g/mol. The number of aromatic carboxylic acids is 1. The van der Waals surface area contributed by atoms with Gasteiger partial charge in [0.2, 0.25) is 0 Å². The summed E-state index contributed by atoms with van der Waals surface area (Å²) in [6.45, 7) is 8.72. The molecule has 2 aromatic rings. The van der Waals surface area contributed by atoms with E-state index in [1.54, 1.807) is 48.5 Å². The highest BCUT2D eigenvalue weighted by atomic mass is 16.4. The van der Waals surface area contributed by atoms with Gasteiger partial charge < -0.3 is 20.4 Å². The fraction of sp³-hybridized carbons (Fsp3) is 0.400. The molecule has 32 heavy (non-hydrogen) atoms. The van der Waals surface area contributed by atoms with Crippen molar-refractivity contribution >= 4 is 17.7 Å². The molecule has 2 unspecified atom stereocenters. The molecule has 0 spiro atoms. The molecule has 0 aromatic heterocycles. The van der Waals surface area contributed by atoms with Crippen molar-refractivity contribution in [3.8, 4) is 0 Å². The normalized spacial score (nSPS) is 12.0. The zero-order chi connectivity index (χ0) is 24.7. The number of carbonyl (C=O) groups is 3. The van der Waals surface area contributed by atoms with E-state index in [4.69, 9.17) is 20.4 Å². The first kappa shape index (κ1) is 29.0. The Hall–Kier alpha value is -3.03. The van der Waals surface area contributed by atoms with Gasteiger partial charge in [0, 0.05) is 18.8 Å². The van der Waals surface area contributed by atoms with Gasteiger partial charge in [0.1, 0.15) is 0 Å². The summed E-state index contributed by atoms with van der Waals surface area (Å²) in [7, 11) is 0. The fourth-order valence-electron chi connectivity index (χ4n) is 2.97. The third-order valence-electron chi connectivity index (χ3n) is 4.94. The Kier molecular flexibility index (Phi) is 14.2. The second kappa shape index (κ2) is 15.7. The summed E-state index contributed by atoms with van der Waals surface area (Å²) in [4.78, 5) is 31.1. The Morgan fingerprint density at radius 2 is 1.00 bits per heavy atom. The summed E-state index contributed by atoms with van der Waals surface area (Å²) in [5.74, 6) is -1.83. The summed E-state index contributed by atoms with van der Waals surface area (Å²) in [5, 5.41) is 34.9. The van der Waals surface area contributed by atoms with E-state index in [-0.39, 0.29) is 30.6 Å². The standard InChI is InChI=1S/C10H22O2.C8H6O3.C7H6O2/c1-7(2)9(5-11)10(6-12)8(3)4;9-7(8(10)11)6-4-2-1-3-5-6;8-7(9)6-4-2-1-3-5-6/h7-12H,5-6H2,1-4H3;1-5H,(H,10,11);1-5H,(H,8,9). The van der Waals surface area contributed by atoms with Crippen LogP contribution in [0.2, 0.25) is 0 Å². The van der Waals surface area contributed by atoms with Gasteiger partial charge in [0.25, 0.3) is 5.78 Å². The van der Waals surface area contributed by atoms with Crippen LogP contribution in [0, 0.1) is 23.7 Å². The first-order valence-corrected chi connectivity index (χ1v) is 10.4. The molecule has 0 aliphatic carbocycles. The predicted octanol–water partition coefficient (Wildman–Crippen LogP) is 3.85. The number of carbonyl (C=O) groups excluding carboxylic acids is 1. The highest BCUT2D eigenvalue weighted by Crippen LogP contribution is 2.26. The monoisotopic (exact) mass is 446 g/mol. The number of ketones is 1. The summed E-state index contributed by atoms with van der Waals surface area (Å²) < 4.78 is 0. The van der Waals surface area contributed by atoms with Crippen LogP contribution in [0.5, 0.6) is 0 Å². The molecule has 0 bridgehead atoms. The molecular weight excluding hydrogens is 412 g/mol. The van der Waals surface area contributed by atoms with Crippen molar-refractivity contribution in [1.82, 2.24) is 0 Å². The number of carboxylic acids is 2. The lowest BCUT2D eigenvalue weighted by Crippen LogP contribution is -2.30. The number of aliphatic carboxylic acids is 1. The third-order valence-corrected chi connectivity index (χ3v) is 4.94. The SMILES string of the molecule is CC(C)C(CO)C(CO)C(C)C.O=C(O)C(=O)c1ccccc1.O=C(O)c1ccccc1. The van der Waals surface area contributed by atoms with Crippen molar-refractivity contribution in [2.24, 2.45) is 23.7 Å². The molecule has 0 saturated carbocycles. The lowest BCUT2D eigenvalue weighted by molar-refractivity contribution is -0.131. The van der Waals surface area contributed by atoms with Crippen molar-refractivity contribution in [2.75, 3.05) is 13.2 Å². The van der Waals surface area contributed by atoms with Crippen LogP contribution in [-0.4, -0.2) is 51.4 Å². The zero-order valence-electron chi connectivity index (χ0n) is 19.0. The highest BCUT2D eigenvalue weighted by Gasteiger charge is 2.25. The van der Waals surface area contributed by atoms with E-state index in [2.05, 4.69) is 27.7 Å². The van der Waals surface area contributed by atoms with Crippen LogP contribution in [-0.2, 0) is 4.79 Å². The first-order valence-electron chi connectivity index (χ1n) is 10.4. The Morgan fingerprint density at radius 1 is 0.656 bits per heavy atom. The number of benzene rings is 2. The fourth-order valence-corrected chi connectivity index (χ4v) is 2.97. The number of rotatable bonds is 8. The number of carboxylic acid groups (broad SMARTS) is 2. The molecule has 4 N–H and O–H groups in total. The van der Waals surface area contributed by atoms with Crippen LogP contribution < -0.4 is 0 Å². The Labute approximate surface area is 189 Å². The molecule has 176 valence electrons. The summed E-state index contributed by atoms with van der Waals surface area (Å²) in [5.41, 5.74) is 0.539. The second-order valence-corrected chi connectivity index (χ2v) is 7.85. The van der Waals surface area contributed by atoms with Gasteiger partial charge in [-0.15, -0.1) is 0 Å². The topological polar surface area (TPSA) is 132 Å². The van der Waals surface area contributed by atoms with Crippen LogP contribution in [0.3, 0.4) is 0 Å². The van der Waals surface area contributed by atoms with E-state index in [1.807, 2.05) is 0 Å². The third kappa shape index (κ3) is 10.8. The summed E-state index contributed by atoms with van der Waals surface area (Å²) in [6, 6.07) is 16.2. The largest absolute Gasteiger partial charge is 0.478 e. The number of aliphatic hydroxyl groups excluding tert-OH is 2. The molecule has 7 heteroatoms. The molecule has 0 amide bonds. The molecule has 0 aliphatic heterocycles. The second-order valence-electron chi connectivity index (χ2n) is 7.85. The predicted molar refractivity (Wildman–Crippen MR) is 123 cm³/mol. The van der Waals surface area contributed by atoms with Gasteiger partial charge in [-0.1, -0.05) is 76.2 Å². The van der Waals surface area contributed by atoms with E-state index < -0.39 is 17.7 Å². The van der Waals surface area contributed by atoms with Gasteiger partial charge in [-0.05, 0) is 35.8 Å². The molecule has 2 atom stereocenters. The molecule has 0 saturated heterocycles. The van der Waals surface area contributed by atoms with Gasteiger partial charge in [0.05, 0.1) is 5.56 Å². The minimum atomic E-state index is -1.42. The van der Waals surface area contributed by atoms with Gasteiger partial charge in [0.15, 0.2) is 0 Å². The maximum Gasteiger partial charge on any atom is 0.377 e. The van der Waals surface area contributed by atoms with Gasteiger partial charge in [-0.25, -0.2) is 9.59 Å². The van der Waals surface area contributed by atoms with Crippen LogP contribution in [0.4, 0.5) is 0 Å². The molecule has 2 rings (SSSR count). The van der Waals surface area contributed by atoms with E-state index in [9.17, 15) is 14.4 Å². The summed E-state index contributed by atoms with van der Waals surface area (Å²) in [6.07, 6.45) is 0. The quantitative estimate of drug-likeness (QED) is 0.358. The Morgan fingerprint density at radius 3 is 1.22 bits per heavy atom. The molecule has 0 radical (unpaired) electrons. The molecule has 0 fully saturated rings. The van der Waals surface area contributed by atoms with E-state index in [0.29, 0.717) is 17.4 Å². The maximum atomic E-state index is 10.7. The van der Waals surface area contributed by atoms with Gasteiger partial charge in [-0.3, -0.25) is 4.79 Å². The van der Waals surface area contributed by atoms with Crippen molar-refractivity contribution in [2.45, 2.75) is 27.7 Å². The smallest absolute Gasteiger partial charge is 0.377 e. The first-order chi connectivity index (χ1) is 15.1. The average Bonchev–Trinajstić information content (AvgIpc) is 2.78. The van der Waals surface area contributed by atoms with Crippen molar-refractivity contribution < 1.29 is 34.8 Å². The lowest BCUT2D eigenvalue weighted by atomic mass is 9.78. The minimum Gasteiger partial charge on any atom is -0.478 e. The maximum absolute atomic E-state index is 10.7. The number of Topliss-reactive ketones (excluding diaryl/α,β-unsaturated/α-hetero) is 1. The Bertz CT molecular complexity index is 788. The highest BCUT2D eigenvalue weighted by molar-refractivity contribution is 6.39. The molecule has 0 heterocycles. The molecule has 0 aliphatic rings. The van der Waals surface area contributed by atoms with Crippen molar-refractivity contribution in [1.29, 1.82) is 0 Å². The minimum absolute atomic E-state index is 0.182. The zero-order valence-corrected chi connectivity index (χ0v) is 19.0.